The van der Waals surface area contributed by atoms with Crippen molar-refractivity contribution in [1.29, 1.82) is 0 Å². The van der Waals surface area contributed by atoms with Crippen molar-refractivity contribution in [2.75, 3.05) is 6.61 Å². The fourth-order valence-corrected chi connectivity index (χ4v) is 3.11. The van der Waals surface area contributed by atoms with Crippen LogP contribution >= 0.6 is 0 Å². The maximum Gasteiger partial charge on any atom is 0.407 e. The molecule has 0 spiro atoms. The Morgan fingerprint density at radius 3 is 2.25 bits per heavy atom. The number of alkyl carbamates (subject to hydrolysis) is 1. The Balaban J connectivity index is 1.73. The van der Waals surface area contributed by atoms with Crippen LogP contribution in [0.4, 0.5) is 4.79 Å². The molecule has 0 radical (unpaired) electrons. The van der Waals surface area contributed by atoms with E-state index in [1.54, 1.807) is 0 Å². The highest BCUT2D eigenvalue weighted by atomic mass is 16.5. The number of benzene rings is 2. The molecule has 0 saturated heterocycles. The summed E-state index contributed by atoms with van der Waals surface area (Å²) in [6, 6.07) is 15.9. The predicted molar refractivity (Wildman–Crippen MR) is 92.9 cm³/mol. The minimum absolute atomic E-state index is 0.0244. The molecule has 2 aromatic rings. The highest BCUT2D eigenvalue weighted by molar-refractivity contribution is 5.79. The first-order valence-electron chi connectivity index (χ1n) is 7.92. The van der Waals surface area contributed by atoms with E-state index in [4.69, 9.17) is 4.74 Å². The van der Waals surface area contributed by atoms with Gasteiger partial charge in [-0.3, -0.25) is 0 Å². The van der Waals surface area contributed by atoms with Gasteiger partial charge in [0.1, 0.15) is 12.9 Å². The van der Waals surface area contributed by atoms with Crippen LogP contribution < -0.4 is 5.32 Å². The van der Waals surface area contributed by atoms with Gasteiger partial charge in [0.15, 0.2) is 0 Å². The average Bonchev–Trinajstić information content (AvgIpc) is 2.93. The van der Waals surface area contributed by atoms with Gasteiger partial charge in [-0.15, -0.1) is 6.58 Å². The molecule has 0 aliphatic heterocycles. The zero-order valence-electron chi connectivity index (χ0n) is 13.3. The quantitative estimate of drug-likeness (QED) is 0.652. The van der Waals surface area contributed by atoms with Crippen molar-refractivity contribution >= 4 is 12.4 Å². The Hall–Kier alpha value is -2.88. The molecule has 0 saturated carbocycles. The van der Waals surface area contributed by atoms with Gasteiger partial charge in [-0.1, -0.05) is 54.6 Å². The molecular formula is C20H19NO3. The third kappa shape index (κ3) is 3.08. The van der Waals surface area contributed by atoms with Crippen molar-refractivity contribution in [3.8, 4) is 11.1 Å². The molecule has 1 amide bonds. The highest BCUT2D eigenvalue weighted by Gasteiger charge is 2.29. The average molecular weight is 321 g/mol. The van der Waals surface area contributed by atoms with Crippen LogP contribution in [-0.4, -0.2) is 25.0 Å². The summed E-state index contributed by atoms with van der Waals surface area (Å²) in [6.07, 6.45) is 1.92. The summed E-state index contributed by atoms with van der Waals surface area (Å²) >= 11 is 0. The van der Waals surface area contributed by atoms with Gasteiger partial charge < -0.3 is 14.8 Å². The molecule has 2 aromatic carbocycles. The molecule has 1 aliphatic rings. The molecular weight excluding hydrogens is 302 g/mol. The molecule has 24 heavy (non-hydrogen) atoms. The lowest BCUT2D eigenvalue weighted by Crippen LogP contribution is -2.34. The van der Waals surface area contributed by atoms with E-state index in [9.17, 15) is 9.59 Å². The monoisotopic (exact) mass is 321 g/mol. The molecule has 1 N–H and O–H groups in total. The Morgan fingerprint density at radius 1 is 1.12 bits per heavy atom. The summed E-state index contributed by atoms with van der Waals surface area (Å²) in [6.45, 7) is 3.86. The van der Waals surface area contributed by atoms with Gasteiger partial charge in [0.05, 0.1) is 6.04 Å². The van der Waals surface area contributed by atoms with Gasteiger partial charge in [0.25, 0.3) is 0 Å². The maximum absolute atomic E-state index is 12.0. The van der Waals surface area contributed by atoms with Gasteiger partial charge in [-0.25, -0.2) is 4.79 Å². The number of nitrogens with one attached hydrogen (secondary N) is 1. The fraction of sp³-hybridized carbons (Fsp3) is 0.200. The molecule has 4 heteroatoms. The number of ether oxygens (including phenoxy) is 1. The minimum Gasteiger partial charge on any atom is -0.449 e. The number of aldehydes is 1. The number of carbonyl (C=O) groups is 2. The van der Waals surface area contributed by atoms with Gasteiger partial charge in [0.2, 0.25) is 0 Å². The van der Waals surface area contributed by atoms with Gasteiger partial charge in [-0.2, -0.15) is 0 Å². The van der Waals surface area contributed by atoms with Gasteiger partial charge in [0, 0.05) is 12.3 Å². The van der Waals surface area contributed by atoms with Crippen LogP contribution in [0.1, 0.15) is 23.5 Å². The summed E-state index contributed by atoms with van der Waals surface area (Å²) in [7, 11) is 0. The summed E-state index contributed by atoms with van der Waals surface area (Å²) < 4.78 is 5.40. The van der Waals surface area contributed by atoms with Crippen LogP contribution in [0, 0.1) is 0 Å². The van der Waals surface area contributed by atoms with Crippen molar-refractivity contribution in [3.05, 3.63) is 72.3 Å². The highest BCUT2D eigenvalue weighted by Crippen LogP contribution is 2.44. The standard InChI is InChI=1S/C20H19NO3/c1-2-14(11-12-22)21-20(23)24-13-19-17-9-5-3-7-15(17)16-8-4-6-10-18(16)19/h2-10,12,14,19H,1,11,13H2,(H,21,23)/t14-/m0/s1. The second-order valence-electron chi connectivity index (χ2n) is 5.71. The molecule has 4 nitrogen and oxygen atoms in total. The smallest absolute Gasteiger partial charge is 0.407 e. The molecule has 0 bridgehead atoms. The third-order valence-electron chi connectivity index (χ3n) is 4.28. The molecule has 0 heterocycles. The van der Waals surface area contributed by atoms with E-state index in [2.05, 4.69) is 36.2 Å². The largest absolute Gasteiger partial charge is 0.449 e. The lowest BCUT2D eigenvalue weighted by atomic mass is 9.98. The Kier molecular flexibility index (Phi) is 4.75. The van der Waals surface area contributed by atoms with E-state index in [0.717, 1.165) is 6.29 Å². The molecule has 1 aliphatic carbocycles. The normalized spacial score (nSPS) is 13.5. The van der Waals surface area contributed by atoms with Gasteiger partial charge in [-0.05, 0) is 22.3 Å². The Labute approximate surface area is 141 Å². The molecule has 122 valence electrons. The minimum atomic E-state index is -0.538. The zero-order valence-corrected chi connectivity index (χ0v) is 13.3. The third-order valence-corrected chi connectivity index (χ3v) is 4.28. The summed E-state index contributed by atoms with van der Waals surface area (Å²) in [5.41, 5.74) is 4.71. The number of hydrogen-bond donors (Lipinski definition) is 1. The number of hydrogen-bond acceptors (Lipinski definition) is 3. The molecule has 0 aromatic heterocycles. The second kappa shape index (κ2) is 7.13. The first kappa shape index (κ1) is 16.0. The summed E-state index contributed by atoms with van der Waals surface area (Å²) in [5, 5.41) is 2.63. The summed E-state index contributed by atoms with van der Waals surface area (Å²) in [5.74, 6) is 0.0244. The first-order chi connectivity index (χ1) is 11.7. The van der Waals surface area contributed by atoms with Crippen LogP contribution in [0.25, 0.3) is 11.1 Å². The number of carbonyl (C=O) groups excluding carboxylic acids is 2. The maximum atomic E-state index is 12.0. The van der Waals surface area contributed by atoms with Crippen molar-refractivity contribution in [2.24, 2.45) is 0 Å². The molecule has 0 fully saturated rings. The van der Waals surface area contributed by atoms with Crippen LogP contribution in [0.5, 0.6) is 0 Å². The van der Waals surface area contributed by atoms with E-state index < -0.39 is 12.1 Å². The molecule has 0 unspecified atom stereocenters. The first-order valence-corrected chi connectivity index (χ1v) is 7.92. The topological polar surface area (TPSA) is 55.4 Å². The Morgan fingerprint density at radius 2 is 1.71 bits per heavy atom. The number of amides is 1. The fourth-order valence-electron chi connectivity index (χ4n) is 3.11. The van der Waals surface area contributed by atoms with E-state index in [0.29, 0.717) is 0 Å². The molecule has 1 atom stereocenters. The lowest BCUT2D eigenvalue weighted by molar-refractivity contribution is -0.108. The van der Waals surface area contributed by atoms with E-state index in [-0.39, 0.29) is 18.9 Å². The van der Waals surface area contributed by atoms with Crippen LogP contribution in [0.15, 0.2) is 61.2 Å². The van der Waals surface area contributed by atoms with E-state index in [1.165, 1.54) is 28.3 Å². The SMILES string of the molecule is C=C[C@@H](CC=O)NC(=O)OCC1c2ccccc2-c2ccccc21. The van der Waals surface area contributed by atoms with Crippen molar-refractivity contribution in [1.82, 2.24) is 5.32 Å². The van der Waals surface area contributed by atoms with Crippen LogP contribution in [-0.2, 0) is 9.53 Å². The van der Waals surface area contributed by atoms with Crippen LogP contribution in [0.2, 0.25) is 0 Å². The zero-order chi connectivity index (χ0) is 16.9. The van der Waals surface area contributed by atoms with Crippen molar-refractivity contribution in [2.45, 2.75) is 18.4 Å². The van der Waals surface area contributed by atoms with Crippen molar-refractivity contribution < 1.29 is 14.3 Å². The summed E-state index contributed by atoms with van der Waals surface area (Å²) in [4.78, 5) is 22.5. The second-order valence-corrected chi connectivity index (χ2v) is 5.71. The number of fused-ring (bicyclic) bond motifs is 3. The Bertz CT molecular complexity index is 723. The predicted octanol–water partition coefficient (Wildman–Crippen LogP) is 3.67. The van der Waals surface area contributed by atoms with E-state index in [1.807, 2.05) is 24.3 Å². The van der Waals surface area contributed by atoms with E-state index >= 15 is 0 Å². The van der Waals surface area contributed by atoms with Gasteiger partial charge >= 0.3 is 6.09 Å². The molecule has 3 rings (SSSR count). The number of rotatable bonds is 6. The van der Waals surface area contributed by atoms with Crippen LogP contribution in [0.3, 0.4) is 0 Å². The lowest BCUT2D eigenvalue weighted by Gasteiger charge is -2.16. The van der Waals surface area contributed by atoms with Crippen molar-refractivity contribution in [3.63, 3.8) is 0 Å².